The molecule has 8 heteroatoms. The van der Waals surface area contributed by atoms with Gasteiger partial charge in [0.2, 0.25) is 0 Å². The average Bonchev–Trinajstić information content (AvgIpc) is 2.93. The van der Waals surface area contributed by atoms with E-state index in [0.717, 1.165) is 42.5 Å². The summed E-state index contributed by atoms with van der Waals surface area (Å²) in [5.41, 5.74) is 7.06. The first-order valence-corrected chi connectivity index (χ1v) is 10.8. The first-order valence-electron chi connectivity index (χ1n) is 9.23. The van der Waals surface area contributed by atoms with E-state index in [1.165, 1.54) is 17.8 Å². The van der Waals surface area contributed by atoms with Crippen LogP contribution in [0.2, 0.25) is 10.0 Å². The summed E-state index contributed by atoms with van der Waals surface area (Å²) < 4.78 is 5.66. The molecule has 2 amide bonds. The van der Waals surface area contributed by atoms with Crippen molar-refractivity contribution in [2.45, 2.75) is 51.6 Å². The molecule has 0 spiro atoms. The van der Waals surface area contributed by atoms with Crippen molar-refractivity contribution < 1.29 is 14.3 Å². The van der Waals surface area contributed by atoms with E-state index in [1.807, 2.05) is 0 Å². The van der Waals surface area contributed by atoms with Gasteiger partial charge in [0.05, 0.1) is 10.6 Å². The lowest BCUT2D eigenvalue weighted by molar-refractivity contribution is -0.122. The summed E-state index contributed by atoms with van der Waals surface area (Å²) in [5.74, 6) is -0.521. The number of nitrogens with one attached hydrogen (secondary N) is 1. The van der Waals surface area contributed by atoms with Crippen molar-refractivity contribution in [3.63, 3.8) is 0 Å². The second-order valence-corrected chi connectivity index (χ2v) is 8.76. The minimum absolute atomic E-state index is 0.323. The van der Waals surface area contributed by atoms with Gasteiger partial charge in [0.1, 0.15) is 10.8 Å². The maximum Gasteiger partial charge on any atom is 0.265 e. The molecule has 1 aromatic carbocycles. The Morgan fingerprint density at radius 1 is 1.18 bits per heavy atom. The molecule has 1 aromatic heterocycles. The smallest absolute Gasteiger partial charge is 0.265 e. The van der Waals surface area contributed by atoms with Crippen LogP contribution in [0.15, 0.2) is 18.2 Å². The standard InChI is InChI=1S/C20H22Cl2N2O3S/c1-11(27-15-9-8-12(21)10-14(15)22)19(26)24-20-17(18(23)25)13-6-4-2-3-5-7-16(13)28-20/h8-11H,2-7H2,1H3,(H2,23,25)(H,24,26)/t11-/m0/s1. The van der Waals surface area contributed by atoms with Crippen molar-refractivity contribution in [2.75, 3.05) is 5.32 Å². The maximum atomic E-state index is 12.7. The summed E-state index contributed by atoms with van der Waals surface area (Å²) in [7, 11) is 0. The third kappa shape index (κ3) is 4.80. The number of thiophene rings is 1. The highest BCUT2D eigenvalue weighted by molar-refractivity contribution is 7.17. The topological polar surface area (TPSA) is 81.4 Å². The molecule has 0 radical (unpaired) electrons. The molecule has 0 fully saturated rings. The molecule has 0 unspecified atom stereocenters. The molecule has 3 rings (SSSR count). The van der Waals surface area contributed by atoms with E-state index in [9.17, 15) is 9.59 Å². The van der Waals surface area contributed by atoms with E-state index in [0.29, 0.717) is 26.4 Å². The van der Waals surface area contributed by atoms with Crippen LogP contribution in [0.1, 0.15) is 53.4 Å². The lowest BCUT2D eigenvalue weighted by Crippen LogP contribution is -2.30. The molecule has 1 aliphatic carbocycles. The van der Waals surface area contributed by atoms with Crippen molar-refractivity contribution in [2.24, 2.45) is 5.73 Å². The number of hydrogen-bond donors (Lipinski definition) is 2. The van der Waals surface area contributed by atoms with Crippen LogP contribution in [-0.4, -0.2) is 17.9 Å². The summed E-state index contributed by atoms with van der Waals surface area (Å²) >= 11 is 13.4. The lowest BCUT2D eigenvalue weighted by Gasteiger charge is -2.15. The zero-order valence-corrected chi connectivity index (χ0v) is 17.8. The largest absolute Gasteiger partial charge is 0.479 e. The minimum atomic E-state index is -0.816. The highest BCUT2D eigenvalue weighted by Gasteiger charge is 2.25. The number of amides is 2. The van der Waals surface area contributed by atoms with Crippen molar-refractivity contribution in [1.29, 1.82) is 0 Å². The summed E-state index contributed by atoms with van der Waals surface area (Å²) in [6.07, 6.45) is 5.32. The summed E-state index contributed by atoms with van der Waals surface area (Å²) in [4.78, 5) is 25.9. The third-order valence-electron chi connectivity index (χ3n) is 4.72. The summed E-state index contributed by atoms with van der Waals surface area (Å²) in [6.45, 7) is 1.62. The van der Waals surface area contributed by atoms with Crippen LogP contribution in [0.4, 0.5) is 5.00 Å². The Balaban J connectivity index is 1.79. The third-order valence-corrected chi connectivity index (χ3v) is 6.46. The SMILES string of the molecule is C[C@H](Oc1ccc(Cl)cc1Cl)C(=O)Nc1sc2c(c1C(N)=O)CCCCCC2. The van der Waals surface area contributed by atoms with Crippen molar-refractivity contribution in [3.05, 3.63) is 44.2 Å². The number of fused-ring (bicyclic) bond motifs is 1. The van der Waals surface area contributed by atoms with Crippen molar-refractivity contribution >= 4 is 51.4 Å². The van der Waals surface area contributed by atoms with Crippen LogP contribution in [0, 0.1) is 0 Å². The molecule has 1 aliphatic rings. The molecular weight excluding hydrogens is 419 g/mol. The second kappa shape index (κ2) is 9.16. The van der Waals surface area contributed by atoms with Crippen molar-refractivity contribution in [1.82, 2.24) is 0 Å². The van der Waals surface area contributed by atoms with Crippen LogP contribution >= 0.6 is 34.5 Å². The highest BCUT2D eigenvalue weighted by atomic mass is 35.5. The van der Waals surface area contributed by atoms with Gasteiger partial charge >= 0.3 is 0 Å². The molecule has 0 saturated heterocycles. The van der Waals surface area contributed by atoms with E-state index in [-0.39, 0.29) is 5.91 Å². The zero-order valence-electron chi connectivity index (χ0n) is 15.5. The fourth-order valence-corrected chi connectivity index (χ4v) is 5.05. The molecule has 3 N–H and O–H groups in total. The molecule has 1 heterocycles. The predicted octanol–water partition coefficient (Wildman–Crippen LogP) is 5.22. The molecule has 0 aliphatic heterocycles. The quantitative estimate of drug-likeness (QED) is 0.668. The molecule has 5 nitrogen and oxygen atoms in total. The van der Waals surface area contributed by atoms with Crippen LogP contribution in [-0.2, 0) is 17.6 Å². The Kier molecular flexibility index (Phi) is 6.86. The fraction of sp³-hybridized carbons (Fsp3) is 0.400. The van der Waals surface area contributed by atoms with E-state index < -0.39 is 12.0 Å². The number of rotatable bonds is 5. The summed E-state index contributed by atoms with van der Waals surface area (Å²) in [6, 6.07) is 4.80. The number of carbonyl (C=O) groups excluding carboxylic acids is 2. The molecule has 0 saturated carbocycles. The average molecular weight is 441 g/mol. The summed E-state index contributed by atoms with van der Waals surface area (Å²) in [5, 5.41) is 4.13. The Morgan fingerprint density at radius 2 is 1.89 bits per heavy atom. The number of aryl methyl sites for hydroxylation is 1. The molecule has 150 valence electrons. The molecule has 1 atom stereocenters. The van der Waals surface area contributed by atoms with Crippen molar-refractivity contribution in [3.8, 4) is 5.75 Å². The molecule has 28 heavy (non-hydrogen) atoms. The van der Waals surface area contributed by atoms with E-state index in [1.54, 1.807) is 25.1 Å². The first kappa shape index (κ1) is 21.0. The van der Waals surface area contributed by atoms with Gasteiger partial charge in [0.25, 0.3) is 11.8 Å². The van der Waals surface area contributed by atoms with Gasteiger partial charge in [0, 0.05) is 9.90 Å². The Bertz CT molecular complexity index is 898. The number of carbonyl (C=O) groups is 2. The zero-order chi connectivity index (χ0) is 20.3. The number of halogens is 2. The monoisotopic (exact) mass is 440 g/mol. The van der Waals surface area contributed by atoms with Gasteiger partial charge in [-0.15, -0.1) is 11.3 Å². The van der Waals surface area contributed by atoms with Gasteiger partial charge in [0.15, 0.2) is 6.10 Å². The van der Waals surface area contributed by atoms with Crippen LogP contribution in [0.3, 0.4) is 0 Å². The first-order chi connectivity index (χ1) is 13.4. The van der Waals surface area contributed by atoms with Gasteiger partial charge in [-0.2, -0.15) is 0 Å². The Labute approximate surface area is 178 Å². The number of hydrogen-bond acceptors (Lipinski definition) is 4. The van der Waals surface area contributed by atoms with Gasteiger partial charge in [-0.3, -0.25) is 9.59 Å². The van der Waals surface area contributed by atoms with Gasteiger partial charge < -0.3 is 15.8 Å². The number of nitrogens with two attached hydrogens (primary N) is 1. The minimum Gasteiger partial charge on any atom is -0.479 e. The highest BCUT2D eigenvalue weighted by Crippen LogP contribution is 2.37. The fourth-order valence-electron chi connectivity index (χ4n) is 3.30. The van der Waals surface area contributed by atoms with Crippen LogP contribution < -0.4 is 15.8 Å². The Morgan fingerprint density at radius 3 is 2.57 bits per heavy atom. The van der Waals surface area contributed by atoms with Gasteiger partial charge in [-0.05, 0) is 56.4 Å². The van der Waals surface area contributed by atoms with E-state index in [4.69, 9.17) is 33.7 Å². The van der Waals surface area contributed by atoms with E-state index >= 15 is 0 Å². The number of benzene rings is 1. The van der Waals surface area contributed by atoms with E-state index in [2.05, 4.69) is 5.32 Å². The number of ether oxygens (including phenoxy) is 1. The molecular formula is C20H22Cl2N2O3S. The van der Waals surface area contributed by atoms with Gasteiger partial charge in [-0.25, -0.2) is 0 Å². The molecule has 0 bridgehead atoms. The normalized spacial score (nSPS) is 15.1. The van der Waals surface area contributed by atoms with Gasteiger partial charge in [-0.1, -0.05) is 36.0 Å². The van der Waals surface area contributed by atoms with Crippen LogP contribution in [0.5, 0.6) is 5.75 Å². The molecule has 2 aromatic rings. The Hall–Kier alpha value is -1.76. The second-order valence-electron chi connectivity index (χ2n) is 6.81. The number of primary amides is 1. The van der Waals surface area contributed by atoms with Crippen LogP contribution in [0.25, 0.3) is 0 Å². The maximum absolute atomic E-state index is 12.7. The lowest BCUT2D eigenvalue weighted by atomic mass is 9.96. The number of anilines is 1. The predicted molar refractivity (Wildman–Crippen MR) is 114 cm³/mol.